The van der Waals surface area contributed by atoms with Crippen molar-refractivity contribution in [2.24, 2.45) is 5.73 Å². The number of hydrogen-bond acceptors (Lipinski definition) is 6. The zero-order valence-corrected chi connectivity index (χ0v) is 15.5. The number of primary amides is 1. The second kappa shape index (κ2) is 7.90. The lowest BCUT2D eigenvalue weighted by molar-refractivity contribution is -0.119. The molecule has 0 saturated heterocycles. The number of benzene rings is 2. The summed E-state index contributed by atoms with van der Waals surface area (Å²) in [7, 11) is 0. The number of nitrogens with zero attached hydrogens (tertiary/aromatic N) is 2. The quantitative estimate of drug-likeness (QED) is 0.664. The highest BCUT2D eigenvalue weighted by molar-refractivity contribution is 5.75. The van der Waals surface area contributed by atoms with Crippen LogP contribution in [0.4, 0.5) is 5.69 Å². The molecule has 1 unspecified atom stereocenters. The minimum Gasteiger partial charge on any atom is -0.484 e. The Morgan fingerprint density at radius 1 is 1.15 bits per heavy atom. The van der Waals surface area contributed by atoms with E-state index in [4.69, 9.17) is 14.9 Å². The summed E-state index contributed by atoms with van der Waals surface area (Å²) in [6.45, 7) is 5.91. The first kappa shape index (κ1) is 18.4. The van der Waals surface area contributed by atoms with Gasteiger partial charge in [-0.3, -0.25) is 4.79 Å². The fourth-order valence-electron chi connectivity index (χ4n) is 2.51. The van der Waals surface area contributed by atoms with E-state index in [0.29, 0.717) is 17.5 Å². The van der Waals surface area contributed by atoms with E-state index in [1.54, 1.807) is 12.1 Å². The highest BCUT2D eigenvalue weighted by atomic mass is 16.5. The molecule has 0 aliphatic carbocycles. The van der Waals surface area contributed by atoms with Crippen molar-refractivity contribution in [2.75, 3.05) is 11.9 Å². The number of carbonyl (C=O) groups is 1. The first-order valence-corrected chi connectivity index (χ1v) is 8.61. The van der Waals surface area contributed by atoms with E-state index in [1.165, 1.54) is 11.1 Å². The Hall–Kier alpha value is -3.35. The molecule has 0 fully saturated rings. The molecule has 0 saturated carbocycles. The first-order valence-electron chi connectivity index (χ1n) is 8.61. The summed E-state index contributed by atoms with van der Waals surface area (Å²) in [4.78, 5) is 10.7. The van der Waals surface area contributed by atoms with Gasteiger partial charge in [-0.2, -0.15) is 0 Å². The zero-order chi connectivity index (χ0) is 19.4. The van der Waals surface area contributed by atoms with Gasteiger partial charge in [-0.15, -0.1) is 10.2 Å². The van der Waals surface area contributed by atoms with Gasteiger partial charge in [-0.25, -0.2) is 0 Å². The molecule has 140 valence electrons. The lowest BCUT2D eigenvalue weighted by atomic mass is 10.1. The normalized spacial score (nSPS) is 11.8. The molecule has 0 spiro atoms. The molecule has 2 aromatic carbocycles. The molecule has 1 atom stereocenters. The molecule has 0 radical (unpaired) electrons. The lowest BCUT2D eigenvalue weighted by Gasteiger charge is -2.12. The van der Waals surface area contributed by atoms with Crippen molar-refractivity contribution in [1.82, 2.24) is 10.2 Å². The molecule has 3 rings (SSSR count). The molecule has 7 heteroatoms. The topological polar surface area (TPSA) is 103 Å². The van der Waals surface area contributed by atoms with Gasteiger partial charge in [0, 0.05) is 11.3 Å². The monoisotopic (exact) mass is 366 g/mol. The van der Waals surface area contributed by atoms with Gasteiger partial charge in [0.25, 0.3) is 5.91 Å². The average Bonchev–Trinajstić information content (AvgIpc) is 3.13. The Bertz CT molecular complexity index is 935. The van der Waals surface area contributed by atoms with Gasteiger partial charge in [0.15, 0.2) is 6.61 Å². The Morgan fingerprint density at radius 2 is 1.89 bits per heavy atom. The number of anilines is 1. The number of hydrogen-bond donors (Lipinski definition) is 2. The van der Waals surface area contributed by atoms with Gasteiger partial charge in [0.05, 0.1) is 0 Å². The summed E-state index contributed by atoms with van der Waals surface area (Å²) in [6, 6.07) is 13.1. The number of aromatic nitrogens is 2. The summed E-state index contributed by atoms with van der Waals surface area (Å²) in [6.07, 6.45) is 0. The van der Waals surface area contributed by atoms with Crippen LogP contribution in [0.25, 0.3) is 11.5 Å². The van der Waals surface area contributed by atoms with Crippen LogP contribution in [0.15, 0.2) is 46.9 Å². The van der Waals surface area contributed by atoms with Crippen molar-refractivity contribution in [1.29, 1.82) is 0 Å². The van der Waals surface area contributed by atoms with Crippen LogP contribution in [0.2, 0.25) is 0 Å². The third-order valence-corrected chi connectivity index (χ3v) is 4.18. The van der Waals surface area contributed by atoms with E-state index in [0.717, 1.165) is 11.3 Å². The number of nitrogens with one attached hydrogen (secondary N) is 1. The minimum atomic E-state index is -0.512. The maximum atomic E-state index is 10.7. The van der Waals surface area contributed by atoms with Gasteiger partial charge in [0.2, 0.25) is 11.8 Å². The third kappa shape index (κ3) is 4.63. The van der Waals surface area contributed by atoms with Crippen LogP contribution in [0.1, 0.15) is 30.0 Å². The van der Waals surface area contributed by atoms with Crippen LogP contribution in [0, 0.1) is 13.8 Å². The maximum absolute atomic E-state index is 10.7. The highest BCUT2D eigenvalue weighted by Crippen LogP contribution is 2.25. The van der Waals surface area contributed by atoms with Crippen molar-refractivity contribution in [2.45, 2.75) is 26.8 Å². The van der Waals surface area contributed by atoms with Gasteiger partial charge >= 0.3 is 0 Å². The second-order valence-electron chi connectivity index (χ2n) is 6.39. The van der Waals surface area contributed by atoms with Crippen LogP contribution >= 0.6 is 0 Å². The molecule has 1 amide bonds. The molecule has 3 N–H and O–H groups in total. The summed E-state index contributed by atoms with van der Waals surface area (Å²) in [5, 5.41) is 11.6. The number of nitrogens with two attached hydrogens (primary N) is 1. The van der Waals surface area contributed by atoms with E-state index in [2.05, 4.69) is 29.4 Å². The molecule has 27 heavy (non-hydrogen) atoms. The predicted octanol–water partition coefficient (Wildman–Crippen LogP) is 3.39. The molecule has 0 bridgehead atoms. The van der Waals surface area contributed by atoms with E-state index in [9.17, 15) is 4.79 Å². The van der Waals surface area contributed by atoms with Crippen LogP contribution in [0.3, 0.4) is 0 Å². The number of rotatable bonds is 7. The predicted molar refractivity (Wildman–Crippen MR) is 102 cm³/mol. The fraction of sp³-hybridized carbons (Fsp3) is 0.250. The number of amides is 1. The van der Waals surface area contributed by atoms with E-state index in [-0.39, 0.29) is 12.6 Å². The summed E-state index contributed by atoms with van der Waals surface area (Å²) < 4.78 is 11.1. The van der Waals surface area contributed by atoms with Gasteiger partial charge in [0.1, 0.15) is 11.8 Å². The molecule has 1 aromatic heterocycles. The number of ether oxygens (including phenoxy) is 1. The maximum Gasteiger partial charge on any atom is 0.255 e. The Balaban J connectivity index is 1.66. The summed E-state index contributed by atoms with van der Waals surface area (Å²) in [5.41, 5.74) is 9.22. The van der Waals surface area contributed by atoms with Gasteiger partial charge in [-0.1, -0.05) is 6.07 Å². The molecule has 0 aliphatic heterocycles. The second-order valence-corrected chi connectivity index (χ2v) is 6.39. The van der Waals surface area contributed by atoms with Crippen LogP contribution < -0.4 is 15.8 Å². The Morgan fingerprint density at radius 3 is 2.56 bits per heavy atom. The van der Waals surface area contributed by atoms with E-state index in [1.807, 2.05) is 37.3 Å². The van der Waals surface area contributed by atoms with Crippen molar-refractivity contribution in [3.8, 4) is 17.2 Å². The summed E-state index contributed by atoms with van der Waals surface area (Å²) in [5.74, 6) is 1.05. The average molecular weight is 366 g/mol. The number of aryl methyl sites for hydroxylation is 2. The zero-order valence-electron chi connectivity index (χ0n) is 15.5. The Kier molecular flexibility index (Phi) is 5.40. The smallest absolute Gasteiger partial charge is 0.255 e. The molecular weight excluding hydrogens is 344 g/mol. The standard InChI is InChI=1S/C20H22N4O3/c1-12-4-5-15(10-13(12)2)20-24-23-19(27-20)14(3)22-16-6-8-17(9-7-16)26-11-18(21)25/h4-10,14,22H,11H2,1-3H3,(H2,21,25). The van der Waals surface area contributed by atoms with Crippen LogP contribution in [-0.2, 0) is 4.79 Å². The SMILES string of the molecule is Cc1ccc(-c2nnc(C(C)Nc3ccc(OCC(N)=O)cc3)o2)cc1C. The molecule has 0 aliphatic rings. The van der Waals surface area contributed by atoms with Crippen LogP contribution in [-0.4, -0.2) is 22.7 Å². The molecule has 7 nitrogen and oxygen atoms in total. The first-order chi connectivity index (χ1) is 12.9. The molecular formula is C20H22N4O3. The van der Waals surface area contributed by atoms with Crippen molar-refractivity contribution in [3.05, 3.63) is 59.5 Å². The lowest BCUT2D eigenvalue weighted by Crippen LogP contribution is -2.19. The molecule has 1 heterocycles. The summed E-state index contributed by atoms with van der Waals surface area (Å²) >= 11 is 0. The van der Waals surface area contributed by atoms with Gasteiger partial charge in [-0.05, 0) is 68.3 Å². The minimum absolute atomic E-state index is 0.146. The molecule has 3 aromatic rings. The Labute approximate surface area is 157 Å². The number of carbonyl (C=O) groups excluding carboxylic acids is 1. The highest BCUT2D eigenvalue weighted by Gasteiger charge is 2.15. The third-order valence-electron chi connectivity index (χ3n) is 4.18. The van der Waals surface area contributed by atoms with Gasteiger partial charge < -0.3 is 20.2 Å². The fourth-order valence-corrected chi connectivity index (χ4v) is 2.51. The van der Waals surface area contributed by atoms with E-state index >= 15 is 0 Å². The van der Waals surface area contributed by atoms with Crippen molar-refractivity contribution >= 4 is 11.6 Å². The van der Waals surface area contributed by atoms with E-state index < -0.39 is 5.91 Å². The largest absolute Gasteiger partial charge is 0.484 e. The van der Waals surface area contributed by atoms with Crippen molar-refractivity contribution < 1.29 is 13.9 Å². The van der Waals surface area contributed by atoms with Crippen molar-refractivity contribution in [3.63, 3.8) is 0 Å². The van der Waals surface area contributed by atoms with Crippen LogP contribution in [0.5, 0.6) is 5.75 Å².